The molecular weight excluding hydrogens is 504 g/mol. The molecule has 0 aromatic carbocycles. The summed E-state index contributed by atoms with van der Waals surface area (Å²) in [5.74, 6) is -0.862. The van der Waals surface area contributed by atoms with Crippen molar-refractivity contribution in [2.24, 2.45) is 5.92 Å². The Morgan fingerprint density at radius 2 is 2.00 bits per heavy atom. The molecule has 4 rings (SSSR count). The quantitative estimate of drug-likeness (QED) is 0.501. The first-order valence-corrected chi connectivity index (χ1v) is 14.6. The van der Waals surface area contributed by atoms with Crippen LogP contribution in [0.5, 0.6) is 0 Å². The van der Waals surface area contributed by atoms with Crippen molar-refractivity contribution >= 4 is 35.2 Å². The fraction of sp³-hybridized carbons (Fsp3) is 0.643. The van der Waals surface area contributed by atoms with Crippen LogP contribution in [0.1, 0.15) is 77.0 Å². The smallest absolute Gasteiger partial charge is 0.408 e. The van der Waals surface area contributed by atoms with Crippen molar-refractivity contribution in [3.05, 3.63) is 34.5 Å². The summed E-state index contributed by atoms with van der Waals surface area (Å²) in [6.07, 6.45) is 9.18. The average molecular weight is 545 g/mol. The topological polar surface area (TPSA) is 117 Å². The van der Waals surface area contributed by atoms with Gasteiger partial charge in [-0.2, -0.15) is 0 Å². The van der Waals surface area contributed by atoms with Gasteiger partial charge in [0.25, 0.3) is 0 Å². The second kappa shape index (κ2) is 11.9. The first kappa shape index (κ1) is 28.1. The summed E-state index contributed by atoms with van der Waals surface area (Å²) >= 11 is 1.57. The molecule has 208 valence electrons. The first-order chi connectivity index (χ1) is 18.1. The van der Waals surface area contributed by atoms with Crippen LogP contribution in [0.3, 0.4) is 0 Å². The van der Waals surface area contributed by atoms with Crippen LogP contribution in [0.2, 0.25) is 0 Å². The number of ether oxygens (including phenoxy) is 1. The fourth-order valence-corrected chi connectivity index (χ4v) is 5.93. The lowest BCUT2D eigenvalue weighted by molar-refractivity contribution is -0.141. The lowest BCUT2D eigenvalue weighted by Crippen LogP contribution is -2.57. The van der Waals surface area contributed by atoms with Gasteiger partial charge in [-0.1, -0.05) is 31.1 Å². The third kappa shape index (κ3) is 6.95. The molecule has 2 fully saturated rings. The molecule has 2 aliphatic heterocycles. The molecule has 3 aliphatic rings. The number of carbonyl (C=O) groups is 4. The zero-order valence-corrected chi connectivity index (χ0v) is 23.4. The number of allylic oxidation sites excluding steroid dienone is 1. The van der Waals surface area contributed by atoms with Gasteiger partial charge < -0.3 is 25.6 Å². The Morgan fingerprint density at radius 1 is 1.18 bits per heavy atom. The van der Waals surface area contributed by atoms with Gasteiger partial charge in [0.05, 0.1) is 6.54 Å². The molecule has 1 saturated heterocycles. The Kier molecular flexibility index (Phi) is 8.80. The molecule has 1 aromatic heterocycles. The van der Waals surface area contributed by atoms with Gasteiger partial charge in [0.15, 0.2) is 0 Å². The first-order valence-electron chi connectivity index (χ1n) is 13.7. The van der Waals surface area contributed by atoms with E-state index in [-0.39, 0.29) is 23.6 Å². The zero-order valence-electron chi connectivity index (χ0n) is 22.6. The van der Waals surface area contributed by atoms with Crippen LogP contribution >= 0.6 is 11.3 Å². The fourth-order valence-electron chi connectivity index (χ4n) is 5.28. The molecule has 10 heteroatoms. The Morgan fingerprint density at radius 3 is 2.74 bits per heavy atom. The molecule has 0 spiro atoms. The Labute approximate surface area is 228 Å². The minimum atomic E-state index is -1.00. The molecule has 0 bridgehead atoms. The molecule has 9 nitrogen and oxygen atoms in total. The normalized spacial score (nSPS) is 28.3. The standard InChI is InChI=1S/C28H40N4O5S/c1-27(2,3)37-26(36)30-21-13-8-6-4-5-7-11-19-17-28(19,25(35)29-18-20-12-10-16-38-20)31-23(33)22-14-9-15-32(22)24(21)34/h7,10-12,16,19,21-22H,4-6,8-9,13-15,17-18H2,1-3H3,(H,29,35)(H,30,36)(H,31,33)/t19-,21+,22?,28-/m1/s1. The summed E-state index contributed by atoms with van der Waals surface area (Å²) in [5.41, 5.74) is -1.69. The number of hydrogen-bond acceptors (Lipinski definition) is 6. The Bertz CT molecular complexity index is 1050. The van der Waals surface area contributed by atoms with E-state index in [9.17, 15) is 19.2 Å². The molecule has 1 unspecified atom stereocenters. The highest BCUT2D eigenvalue weighted by atomic mass is 32.1. The van der Waals surface area contributed by atoms with Crippen molar-refractivity contribution in [3.63, 3.8) is 0 Å². The van der Waals surface area contributed by atoms with Crippen molar-refractivity contribution in [1.29, 1.82) is 0 Å². The lowest BCUT2D eigenvalue weighted by Gasteiger charge is -2.30. The van der Waals surface area contributed by atoms with Gasteiger partial charge >= 0.3 is 6.09 Å². The van der Waals surface area contributed by atoms with Gasteiger partial charge in [-0.05, 0) is 70.7 Å². The van der Waals surface area contributed by atoms with Gasteiger partial charge in [-0.3, -0.25) is 14.4 Å². The summed E-state index contributed by atoms with van der Waals surface area (Å²) in [5, 5.41) is 10.8. The van der Waals surface area contributed by atoms with E-state index in [2.05, 4.69) is 28.1 Å². The van der Waals surface area contributed by atoms with Crippen LogP contribution in [-0.2, 0) is 25.7 Å². The van der Waals surface area contributed by atoms with E-state index in [0.717, 1.165) is 30.6 Å². The average Bonchev–Trinajstić information content (AvgIpc) is 3.22. The number of nitrogens with one attached hydrogen (secondary N) is 3. The van der Waals surface area contributed by atoms with Crippen molar-refractivity contribution < 1.29 is 23.9 Å². The van der Waals surface area contributed by atoms with Gasteiger partial charge in [0.2, 0.25) is 17.7 Å². The second-order valence-corrected chi connectivity index (χ2v) is 12.5. The number of amides is 4. The predicted octanol–water partition coefficient (Wildman–Crippen LogP) is 3.64. The van der Waals surface area contributed by atoms with Crippen LogP contribution < -0.4 is 16.0 Å². The van der Waals surface area contributed by atoms with E-state index >= 15 is 0 Å². The van der Waals surface area contributed by atoms with Crippen LogP contribution in [0, 0.1) is 5.92 Å². The van der Waals surface area contributed by atoms with E-state index < -0.39 is 29.3 Å². The summed E-state index contributed by atoms with van der Waals surface area (Å²) in [6, 6.07) is 2.46. The molecule has 4 atom stereocenters. The summed E-state index contributed by atoms with van der Waals surface area (Å²) < 4.78 is 5.40. The number of hydrogen-bond donors (Lipinski definition) is 3. The molecule has 0 radical (unpaired) electrons. The maximum Gasteiger partial charge on any atom is 0.408 e. The lowest BCUT2D eigenvalue weighted by atomic mass is 10.0. The highest BCUT2D eigenvalue weighted by molar-refractivity contribution is 7.09. The molecule has 38 heavy (non-hydrogen) atoms. The van der Waals surface area contributed by atoms with E-state index in [1.54, 1.807) is 37.0 Å². The monoisotopic (exact) mass is 544 g/mol. The molecule has 1 aromatic rings. The van der Waals surface area contributed by atoms with Gasteiger partial charge in [0, 0.05) is 17.3 Å². The molecule has 3 N–H and O–H groups in total. The van der Waals surface area contributed by atoms with E-state index in [0.29, 0.717) is 38.8 Å². The second-order valence-electron chi connectivity index (χ2n) is 11.5. The third-order valence-corrected chi connectivity index (χ3v) is 8.21. The van der Waals surface area contributed by atoms with Crippen LogP contribution in [-0.4, -0.2) is 58.5 Å². The van der Waals surface area contributed by atoms with Gasteiger partial charge in [-0.15, -0.1) is 11.3 Å². The predicted molar refractivity (Wildman–Crippen MR) is 145 cm³/mol. The number of alkyl carbamates (subject to hydrolysis) is 1. The van der Waals surface area contributed by atoms with Crippen molar-refractivity contribution in [1.82, 2.24) is 20.9 Å². The van der Waals surface area contributed by atoms with E-state index in [1.807, 2.05) is 17.5 Å². The molecular formula is C28H40N4O5S. The van der Waals surface area contributed by atoms with E-state index in [4.69, 9.17) is 4.74 Å². The Balaban J connectivity index is 1.51. The highest BCUT2D eigenvalue weighted by Crippen LogP contribution is 2.45. The summed E-state index contributed by atoms with van der Waals surface area (Å²) in [7, 11) is 0. The van der Waals surface area contributed by atoms with Gasteiger partial charge in [-0.25, -0.2) is 4.79 Å². The SMILES string of the molecule is CC(C)(C)OC(=O)N[C@H]1CCCCCC=C[C@@H]2C[C@@]2(C(=O)NCc2cccs2)NC(=O)C2CCCN2C1=O. The third-order valence-electron chi connectivity index (χ3n) is 7.33. The summed E-state index contributed by atoms with van der Waals surface area (Å²) in [6.45, 7) is 6.17. The molecule has 1 aliphatic carbocycles. The van der Waals surface area contributed by atoms with Crippen LogP contribution in [0.4, 0.5) is 4.79 Å². The highest BCUT2D eigenvalue weighted by Gasteiger charge is 2.60. The number of rotatable bonds is 4. The maximum absolute atomic E-state index is 13.6. The largest absolute Gasteiger partial charge is 0.444 e. The van der Waals surface area contributed by atoms with Crippen LogP contribution in [0.25, 0.3) is 0 Å². The van der Waals surface area contributed by atoms with Crippen LogP contribution in [0.15, 0.2) is 29.7 Å². The Hall–Kier alpha value is -2.88. The number of thiophene rings is 1. The number of fused-ring (bicyclic) bond motifs is 2. The molecule has 4 amide bonds. The number of nitrogens with zero attached hydrogens (tertiary/aromatic N) is 1. The molecule has 3 heterocycles. The van der Waals surface area contributed by atoms with Crippen molar-refractivity contribution in [2.75, 3.05) is 6.54 Å². The zero-order chi connectivity index (χ0) is 27.3. The molecule has 1 saturated carbocycles. The van der Waals surface area contributed by atoms with Crippen molar-refractivity contribution in [3.8, 4) is 0 Å². The van der Waals surface area contributed by atoms with Crippen molar-refractivity contribution in [2.45, 2.75) is 102 Å². The van der Waals surface area contributed by atoms with Gasteiger partial charge in [0.1, 0.15) is 23.2 Å². The maximum atomic E-state index is 13.6. The van der Waals surface area contributed by atoms with E-state index in [1.165, 1.54) is 0 Å². The minimum Gasteiger partial charge on any atom is -0.444 e. The summed E-state index contributed by atoms with van der Waals surface area (Å²) in [4.78, 5) is 55.7. The number of carbonyl (C=O) groups excluding carboxylic acids is 4. The minimum absolute atomic E-state index is 0.0768.